The zero-order valence-corrected chi connectivity index (χ0v) is 10.2. The van der Waals surface area contributed by atoms with Gasteiger partial charge in [-0.2, -0.15) is 0 Å². The Balaban J connectivity index is 1.88. The van der Waals surface area contributed by atoms with Crippen molar-refractivity contribution in [3.8, 4) is 0 Å². The van der Waals surface area contributed by atoms with Crippen molar-refractivity contribution in [2.24, 2.45) is 0 Å². The molecule has 0 unspecified atom stereocenters. The van der Waals surface area contributed by atoms with Crippen LogP contribution in [0.15, 0.2) is 18.2 Å². The number of rotatable bonds is 2. The van der Waals surface area contributed by atoms with Crippen LogP contribution in [0.3, 0.4) is 0 Å². The van der Waals surface area contributed by atoms with Crippen LogP contribution >= 0.6 is 0 Å². The number of halogens is 2. The average Bonchev–Trinajstić information content (AvgIpc) is 3.14. The summed E-state index contributed by atoms with van der Waals surface area (Å²) in [7, 11) is 0. The van der Waals surface area contributed by atoms with Crippen LogP contribution in [-0.2, 0) is 5.54 Å². The highest BCUT2D eigenvalue weighted by atomic mass is 19.1. The number of aliphatic hydroxyl groups is 1. The molecular weight excluding hydrogens is 236 g/mol. The molecule has 4 heteroatoms. The van der Waals surface area contributed by atoms with Gasteiger partial charge in [0.25, 0.3) is 0 Å². The smallest absolute Gasteiger partial charge is 0.128 e. The predicted octanol–water partition coefficient (Wildman–Crippen LogP) is 2.41. The van der Waals surface area contributed by atoms with Crippen LogP contribution in [0.2, 0.25) is 0 Å². The van der Waals surface area contributed by atoms with Gasteiger partial charge < -0.3 is 5.11 Å². The van der Waals surface area contributed by atoms with Crippen molar-refractivity contribution >= 4 is 0 Å². The zero-order chi connectivity index (χ0) is 12.8. The Morgan fingerprint density at radius 2 is 1.83 bits per heavy atom. The Hall–Kier alpha value is -1.00. The third kappa shape index (κ3) is 1.93. The van der Waals surface area contributed by atoms with Crippen LogP contribution in [0.25, 0.3) is 0 Å². The molecule has 1 saturated carbocycles. The Labute approximate surface area is 105 Å². The molecule has 1 saturated heterocycles. The fourth-order valence-corrected chi connectivity index (χ4v) is 3.02. The fraction of sp³-hybridized carbons (Fsp3) is 0.571. The molecule has 1 aromatic carbocycles. The summed E-state index contributed by atoms with van der Waals surface area (Å²) in [5.74, 6) is -0.699. The summed E-state index contributed by atoms with van der Waals surface area (Å²) < 4.78 is 27.2. The topological polar surface area (TPSA) is 23.5 Å². The fourth-order valence-electron chi connectivity index (χ4n) is 3.02. The van der Waals surface area contributed by atoms with E-state index in [-0.39, 0.29) is 23.3 Å². The van der Waals surface area contributed by atoms with Gasteiger partial charge in [-0.15, -0.1) is 0 Å². The average molecular weight is 253 g/mol. The Kier molecular flexibility index (Phi) is 2.87. The molecule has 0 amide bonds. The Morgan fingerprint density at radius 1 is 1.17 bits per heavy atom. The van der Waals surface area contributed by atoms with E-state index >= 15 is 0 Å². The number of nitrogens with zero attached hydrogens (tertiary/aromatic N) is 1. The first kappa shape index (κ1) is 12.1. The van der Waals surface area contributed by atoms with Crippen LogP contribution in [0.1, 0.15) is 31.2 Å². The molecule has 2 nitrogen and oxygen atoms in total. The molecular formula is C14H17F2NO. The van der Waals surface area contributed by atoms with Gasteiger partial charge >= 0.3 is 0 Å². The second-order valence-electron chi connectivity index (χ2n) is 5.37. The minimum Gasteiger partial charge on any atom is -0.393 e. The maximum absolute atomic E-state index is 13.9. The van der Waals surface area contributed by atoms with Crippen molar-refractivity contribution in [1.29, 1.82) is 0 Å². The van der Waals surface area contributed by atoms with E-state index < -0.39 is 0 Å². The number of hydrogen-bond acceptors (Lipinski definition) is 2. The van der Waals surface area contributed by atoms with E-state index in [1.165, 1.54) is 12.1 Å². The Morgan fingerprint density at radius 3 is 2.44 bits per heavy atom. The lowest BCUT2D eigenvalue weighted by Gasteiger charge is -2.37. The second kappa shape index (κ2) is 4.28. The molecule has 18 heavy (non-hydrogen) atoms. The van der Waals surface area contributed by atoms with E-state index in [2.05, 4.69) is 4.90 Å². The lowest BCUT2D eigenvalue weighted by atomic mass is 9.98. The molecule has 0 spiro atoms. The highest BCUT2D eigenvalue weighted by Gasteiger charge is 2.51. The van der Waals surface area contributed by atoms with E-state index in [4.69, 9.17) is 0 Å². The van der Waals surface area contributed by atoms with Crippen LogP contribution in [0, 0.1) is 11.6 Å². The van der Waals surface area contributed by atoms with Gasteiger partial charge in [0, 0.05) is 24.2 Å². The highest BCUT2D eigenvalue weighted by molar-refractivity contribution is 5.32. The number of hydrogen-bond donors (Lipinski definition) is 1. The largest absolute Gasteiger partial charge is 0.393 e. The molecule has 1 aromatic rings. The molecule has 0 aromatic heterocycles. The van der Waals surface area contributed by atoms with Gasteiger partial charge in [0.05, 0.1) is 6.10 Å². The van der Waals surface area contributed by atoms with Crippen LogP contribution in [0.5, 0.6) is 0 Å². The molecule has 0 radical (unpaired) electrons. The first-order valence-electron chi connectivity index (χ1n) is 6.50. The first-order valence-corrected chi connectivity index (χ1v) is 6.50. The van der Waals surface area contributed by atoms with Gasteiger partial charge in [-0.3, -0.25) is 4.90 Å². The molecule has 1 aliphatic carbocycles. The lowest BCUT2D eigenvalue weighted by molar-refractivity contribution is 0.0511. The maximum Gasteiger partial charge on any atom is 0.128 e. The van der Waals surface area contributed by atoms with E-state index in [9.17, 15) is 13.9 Å². The van der Waals surface area contributed by atoms with Crippen molar-refractivity contribution in [2.45, 2.75) is 37.3 Å². The van der Waals surface area contributed by atoms with E-state index in [1.54, 1.807) is 0 Å². The van der Waals surface area contributed by atoms with Gasteiger partial charge in [0.15, 0.2) is 0 Å². The standard InChI is InChI=1S/C14H17F2NO/c15-10-1-2-13(16)12(9-10)14(5-6-14)17-7-3-11(18)4-8-17/h1-2,9,11,18H,3-8H2. The number of benzene rings is 1. The molecule has 0 bridgehead atoms. The first-order chi connectivity index (χ1) is 8.62. The van der Waals surface area contributed by atoms with Crippen molar-refractivity contribution in [2.75, 3.05) is 13.1 Å². The van der Waals surface area contributed by atoms with Crippen LogP contribution in [-0.4, -0.2) is 29.2 Å². The normalized spacial score (nSPS) is 24.2. The minimum atomic E-state index is -0.380. The van der Waals surface area contributed by atoms with Crippen LogP contribution in [0.4, 0.5) is 8.78 Å². The summed E-state index contributed by atoms with van der Waals surface area (Å²) in [6.45, 7) is 1.52. The maximum atomic E-state index is 13.9. The van der Waals surface area contributed by atoms with Crippen molar-refractivity contribution in [3.63, 3.8) is 0 Å². The van der Waals surface area contributed by atoms with E-state index in [0.717, 1.165) is 44.8 Å². The molecule has 0 atom stereocenters. The summed E-state index contributed by atoms with van der Waals surface area (Å²) in [4.78, 5) is 2.21. The summed E-state index contributed by atoms with van der Waals surface area (Å²) in [5, 5.41) is 9.52. The minimum absolute atomic E-state index is 0.241. The van der Waals surface area contributed by atoms with Gasteiger partial charge in [0.2, 0.25) is 0 Å². The number of likely N-dealkylation sites (tertiary alicyclic amines) is 1. The third-order valence-electron chi connectivity index (χ3n) is 4.22. The van der Waals surface area contributed by atoms with Crippen molar-refractivity contribution in [3.05, 3.63) is 35.4 Å². The van der Waals surface area contributed by atoms with Gasteiger partial charge in [-0.25, -0.2) is 8.78 Å². The SMILES string of the molecule is OC1CCN(C2(c3cc(F)ccc3F)CC2)CC1. The van der Waals surface area contributed by atoms with Crippen LogP contribution < -0.4 is 0 Å². The lowest BCUT2D eigenvalue weighted by Crippen LogP contribution is -2.43. The Bertz CT molecular complexity index is 451. The summed E-state index contributed by atoms with van der Waals surface area (Å²) in [6.07, 6.45) is 2.96. The summed E-state index contributed by atoms with van der Waals surface area (Å²) in [6, 6.07) is 3.70. The third-order valence-corrected chi connectivity index (χ3v) is 4.22. The van der Waals surface area contributed by atoms with Gasteiger partial charge in [0.1, 0.15) is 11.6 Å². The molecule has 1 heterocycles. The number of piperidine rings is 1. The summed E-state index contributed by atoms with van der Waals surface area (Å²) in [5.41, 5.74) is 0.172. The van der Waals surface area contributed by atoms with E-state index in [0.29, 0.717) is 5.56 Å². The van der Waals surface area contributed by atoms with Gasteiger partial charge in [-0.1, -0.05) is 0 Å². The van der Waals surface area contributed by atoms with Gasteiger partial charge in [-0.05, 0) is 43.9 Å². The molecule has 1 aliphatic heterocycles. The number of aliphatic hydroxyl groups excluding tert-OH is 1. The molecule has 2 aliphatic rings. The second-order valence-corrected chi connectivity index (χ2v) is 5.37. The quantitative estimate of drug-likeness (QED) is 0.875. The van der Waals surface area contributed by atoms with Crippen molar-refractivity contribution < 1.29 is 13.9 Å². The monoisotopic (exact) mass is 253 g/mol. The summed E-state index contributed by atoms with van der Waals surface area (Å²) >= 11 is 0. The molecule has 98 valence electrons. The molecule has 2 fully saturated rings. The zero-order valence-electron chi connectivity index (χ0n) is 10.2. The molecule has 1 N–H and O–H groups in total. The van der Waals surface area contributed by atoms with Crippen molar-refractivity contribution in [1.82, 2.24) is 4.90 Å². The van der Waals surface area contributed by atoms with E-state index in [1.807, 2.05) is 0 Å². The highest BCUT2D eigenvalue weighted by Crippen LogP contribution is 2.52. The molecule has 3 rings (SSSR count). The predicted molar refractivity (Wildman–Crippen MR) is 64.1 cm³/mol.